The van der Waals surface area contributed by atoms with Gasteiger partial charge in [-0.3, -0.25) is 9.78 Å². The van der Waals surface area contributed by atoms with Gasteiger partial charge in [0.05, 0.1) is 18.4 Å². The molecule has 0 spiro atoms. The number of carbonyl (C=O) groups is 2. The van der Waals surface area contributed by atoms with E-state index in [1.165, 1.54) is 23.7 Å². The molecule has 0 saturated heterocycles. The van der Waals surface area contributed by atoms with E-state index in [1.54, 1.807) is 54.0 Å². The van der Waals surface area contributed by atoms with E-state index in [0.29, 0.717) is 34.1 Å². The zero-order valence-corrected chi connectivity index (χ0v) is 15.8. The van der Waals surface area contributed by atoms with Gasteiger partial charge in [-0.15, -0.1) is 11.3 Å². The molecule has 0 unspecified atom stereocenters. The highest BCUT2D eigenvalue weighted by molar-refractivity contribution is 7.12. The van der Waals surface area contributed by atoms with Crippen LogP contribution >= 0.6 is 11.3 Å². The molecule has 2 aromatic heterocycles. The van der Waals surface area contributed by atoms with Gasteiger partial charge in [0.1, 0.15) is 4.88 Å². The summed E-state index contributed by atoms with van der Waals surface area (Å²) in [6.45, 7) is 2.24. The molecule has 7 nitrogen and oxygen atoms in total. The topological polar surface area (TPSA) is 89.9 Å². The zero-order valence-electron chi connectivity index (χ0n) is 15.0. The number of hydrazone groups is 1. The number of carbonyl (C=O) groups excluding carboxylic acids is 2. The van der Waals surface area contributed by atoms with Crippen LogP contribution in [0.15, 0.2) is 65.3 Å². The monoisotopic (exact) mass is 395 g/mol. The summed E-state index contributed by atoms with van der Waals surface area (Å²) in [6, 6.07) is 11.8. The first-order valence-electron chi connectivity index (χ1n) is 8.43. The number of hydrogen-bond donors (Lipinski definition) is 1. The summed E-state index contributed by atoms with van der Waals surface area (Å²) in [5.74, 6) is -0.0799. The molecule has 1 N–H and O–H groups in total. The molecule has 3 aromatic rings. The van der Waals surface area contributed by atoms with Crippen molar-refractivity contribution in [1.29, 1.82) is 0 Å². The van der Waals surface area contributed by atoms with Crippen LogP contribution in [0.2, 0.25) is 0 Å². The van der Waals surface area contributed by atoms with E-state index in [0.717, 1.165) is 0 Å². The van der Waals surface area contributed by atoms with Crippen molar-refractivity contribution in [2.75, 3.05) is 6.61 Å². The summed E-state index contributed by atoms with van der Waals surface area (Å²) in [5.41, 5.74) is 3.51. The number of thiophene rings is 1. The number of rotatable bonds is 7. The number of hydrogen-bond acceptors (Lipinski definition) is 7. The Bertz CT molecular complexity index is 972. The molecule has 1 aromatic carbocycles. The lowest BCUT2D eigenvalue weighted by atomic mass is 10.2. The lowest BCUT2D eigenvalue weighted by Crippen LogP contribution is -2.17. The van der Waals surface area contributed by atoms with Gasteiger partial charge < -0.3 is 9.47 Å². The Kier molecular flexibility index (Phi) is 6.48. The lowest BCUT2D eigenvalue weighted by molar-refractivity contribution is 0.0733. The molecule has 142 valence electrons. The van der Waals surface area contributed by atoms with Gasteiger partial charge >= 0.3 is 5.97 Å². The average molecular weight is 395 g/mol. The fraction of sp³-hybridized carbons (Fsp3) is 0.100. The van der Waals surface area contributed by atoms with Crippen LogP contribution in [0.5, 0.6) is 11.5 Å². The minimum atomic E-state index is -0.443. The maximum absolute atomic E-state index is 12.2. The Hall–Kier alpha value is -3.52. The van der Waals surface area contributed by atoms with E-state index < -0.39 is 5.97 Å². The lowest BCUT2D eigenvalue weighted by Gasteiger charge is -2.10. The Labute approximate surface area is 165 Å². The Balaban J connectivity index is 1.69. The smallest absolute Gasteiger partial charge is 0.353 e. The van der Waals surface area contributed by atoms with Gasteiger partial charge in [-0.25, -0.2) is 10.2 Å². The van der Waals surface area contributed by atoms with E-state index in [4.69, 9.17) is 9.47 Å². The first kappa shape index (κ1) is 19.2. The van der Waals surface area contributed by atoms with Crippen LogP contribution in [-0.4, -0.2) is 29.7 Å². The van der Waals surface area contributed by atoms with E-state index in [9.17, 15) is 9.59 Å². The summed E-state index contributed by atoms with van der Waals surface area (Å²) >= 11 is 1.30. The SMILES string of the molecule is CCOc1cc(/C=N\NC(=O)c2cccnc2)ccc1OC(=O)c1cccs1. The van der Waals surface area contributed by atoms with Crippen molar-refractivity contribution in [2.24, 2.45) is 5.10 Å². The Morgan fingerprint density at radius 2 is 2.11 bits per heavy atom. The number of esters is 1. The summed E-state index contributed by atoms with van der Waals surface area (Å²) in [4.78, 5) is 28.5. The third-order valence-electron chi connectivity index (χ3n) is 3.50. The Morgan fingerprint density at radius 1 is 1.21 bits per heavy atom. The molecule has 0 aliphatic rings. The van der Waals surface area contributed by atoms with Gasteiger partial charge in [0.2, 0.25) is 0 Å². The van der Waals surface area contributed by atoms with Gasteiger partial charge in [0.25, 0.3) is 5.91 Å². The van der Waals surface area contributed by atoms with E-state index in [1.807, 2.05) is 6.92 Å². The van der Waals surface area contributed by atoms with Crippen LogP contribution in [0.1, 0.15) is 32.5 Å². The maximum Gasteiger partial charge on any atom is 0.353 e. The van der Waals surface area contributed by atoms with Crippen LogP contribution in [0.4, 0.5) is 0 Å². The van der Waals surface area contributed by atoms with Gasteiger partial charge in [0.15, 0.2) is 11.5 Å². The number of benzene rings is 1. The molecule has 0 radical (unpaired) electrons. The molecule has 0 bridgehead atoms. The molecule has 0 atom stereocenters. The van der Waals surface area contributed by atoms with Crippen LogP contribution in [0, 0.1) is 0 Å². The first-order valence-corrected chi connectivity index (χ1v) is 9.31. The van der Waals surface area contributed by atoms with Crippen molar-refractivity contribution in [3.8, 4) is 11.5 Å². The number of nitrogens with zero attached hydrogens (tertiary/aromatic N) is 2. The highest BCUT2D eigenvalue weighted by Gasteiger charge is 2.14. The number of ether oxygens (including phenoxy) is 2. The summed E-state index contributed by atoms with van der Waals surface area (Å²) in [6.07, 6.45) is 4.51. The highest BCUT2D eigenvalue weighted by atomic mass is 32.1. The molecule has 0 fully saturated rings. The van der Waals surface area contributed by atoms with Crippen molar-refractivity contribution in [3.05, 3.63) is 76.2 Å². The zero-order chi connectivity index (χ0) is 19.8. The summed E-state index contributed by atoms with van der Waals surface area (Å²) in [7, 11) is 0. The van der Waals surface area contributed by atoms with E-state index >= 15 is 0 Å². The van der Waals surface area contributed by atoms with Crippen LogP contribution in [-0.2, 0) is 0 Å². The molecular formula is C20H17N3O4S. The first-order chi connectivity index (χ1) is 13.7. The number of aromatic nitrogens is 1. The maximum atomic E-state index is 12.2. The van der Waals surface area contributed by atoms with Crippen molar-refractivity contribution in [3.63, 3.8) is 0 Å². The molecule has 3 rings (SSSR count). The van der Waals surface area contributed by atoms with Gasteiger partial charge in [-0.1, -0.05) is 6.07 Å². The van der Waals surface area contributed by atoms with Crippen molar-refractivity contribution >= 4 is 29.4 Å². The summed E-state index contributed by atoms with van der Waals surface area (Å²) < 4.78 is 11.0. The van der Waals surface area contributed by atoms with Crippen LogP contribution in [0.3, 0.4) is 0 Å². The van der Waals surface area contributed by atoms with Crippen LogP contribution in [0.25, 0.3) is 0 Å². The van der Waals surface area contributed by atoms with Gasteiger partial charge in [-0.2, -0.15) is 5.10 Å². The number of amides is 1. The molecule has 8 heteroatoms. The predicted molar refractivity (Wildman–Crippen MR) is 106 cm³/mol. The molecule has 2 heterocycles. The fourth-order valence-corrected chi connectivity index (χ4v) is 2.83. The minimum absolute atomic E-state index is 0.316. The third kappa shape index (κ3) is 5.01. The quantitative estimate of drug-likeness (QED) is 0.286. The van der Waals surface area contributed by atoms with Crippen molar-refractivity contribution < 1.29 is 19.1 Å². The standard InChI is InChI=1S/C20H17N3O4S/c1-2-26-17-11-14(12-22-23-19(24)15-5-3-9-21-13-15)7-8-16(17)27-20(25)18-6-4-10-28-18/h3-13H,2H2,1H3,(H,23,24)/b22-12-. The largest absolute Gasteiger partial charge is 0.490 e. The second-order valence-electron chi connectivity index (χ2n) is 5.45. The second kappa shape index (κ2) is 9.43. The second-order valence-corrected chi connectivity index (χ2v) is 6.39. The predicted octanol–water partition coefficient (Wildman–Crippen LogP) is 3.52. The van der Waals surface area contributed by atoms with Crippen molar-refractivity contribution in [2.45, 2.75) is 6.92 Å². The summed E-state index contributed by atoms with van der Waals surface area (Å²) in [5, 5.41) is 5.74. The molecular weight excluding hydrogens is 378 g/mol. The van der Waals surface area contributed by atoms with Crippen molar-refractivity contribution in [1.82, 2.24) is 10.4 Å². The molecule has 0 saturated carbocycles. The van der Waals surface area contributed by atoms with E-state index in [-0.39, 0.29) is 5.91 Å². The van der Waals surface area contributed by atoms with Crippen LogP contribution < -0.4 is 14.9 Å². The molecule has 0 aliphatic carbocycles. The van der Waals surface area contributed by atoms with Gasteiger partial charge in [0, 0.05) is 12.4 Å². The highest BCUT2D eigenvalue weighted by Crippen LogP contribution is 2.29. The average Bonchev–Trinajstić information content (AvgIpc) is 3.25. The molecule has 28 heavy (non-hydrogen) atoms. The Morgan fingerprint density at radius 3 is 2.82 bits per heavy atom. The fourth-order valence-electron chi connectivity index (χ4n) is 2.23. The molecule has 0 aliphatic heterocycles. The third-order valence-corrected chi connectivity index (χ3v) is 4.35. The minimum Gasteiger partial charge on any atom is -0.490 e. The normalized spacial score (nSPS) is 10.6. The molecule has 1 amide bonds. The number of nitrogens with one attached hydrogen (secondary N) is 1. The number of pyridine rings is 1. The van der Waals surface area contributed by atoms with Gasteiger partial charge in [-0.05, 0) is 54.3 Å². The van der Waals surface area contributed by atoms with E-state index in [2.05, 4.69) is 15.5 Å².